The number of aromatic nitrogens is 2. The van der Waals surface area contributed by atoms with Gasteiger partial charge in [0.05, 0.1) is 24.1 Å². The van der Waals surface area contributed by atoms with Crippen LogP contribution >= 0.6 is 0 Å². The van der Waals surface area contributed by atoms with Gasteiger partial charge in [-0.1, -0.05) is 35.9 Å². The van der Waals surface area contributed by atoms with E-state index in [4.69, 9.17) is 4.74 Å². The van der Waals surface area contributed by atoms with Gasteiger partial charge in [-0.05, 0) is 45.0 Å². The second kappa shape index (κ2) is 8.73. The standard InChI is InChI=1S/C24H26N4O3/c1-16-9-11-19(12-10-16)23(29)26-22-21(13-25-28(22)20-7-5-4-6-8-20)24(30)27-14-17(2)31-18(3)15-27/h4-13,17-18H,14-15H2,1-3H3,(H,26,29)/t17-,18-/m1/s1. The Bertz CT molecular complexity index is 1070. The highest BCUT2D eigenvalue weighted by molar-refractivity contribution is 6.08. The predicted molar refractivity (Wildman–Crippen MR) is 119 cm³/mol. The van der Waals surface area contributed by atoms with Gasteiger partial charge in [-0.2, -0.15) is 5.10 Å². The van der Waals surface area contributed by atoms with E-state index in [9.17, 15) is 9.59 Å². The smallest absolute Gasteiger partial charge is 0.259 e. The second-order valence-corrected chi connectivity index (χ2v) is 7.94. The molecule has 0 spiro atoms. The van der Waals surface area contributed by atoms with Crippen LogP contribution in [0.5, 0.6) is 0 Å². The molecule has 3 aromatic rings. The Morgan fingerprint density at radius 1 is 1.00 bits per heavy atom. The Morgan fingerprint density at radius 3 is 2.29 bits per heavy atom. The van der Waals surface area contributed by atoms with Crippen LogP contribution in [0, 0.1) is 6.92 Å². The molecule has 0 unspecified atom stereocenters. The highest BCUT2D eigenvalue weighted by Gasteiger charge is 2.30. The van der Waals surface area contributed by atoms with Gasteiger partial charge in [-0.3, -0.25) is 9.59 Å². The first-order chi connectivity index (χ1) is 14.9. The van der Waals surface area contributed by atoms with Gasteiger partial charge in [-0.15, -0.1) is 0 Å². The molecule has 7 nitrogen and oxygen atoms in total. The number of hydrogen-bond acceptors (Lipinski definition) is 4. The molecule has 4 rings (SSSR count). The summed E-state index contributed by atoms with van der Waals surface area (Å²) in [6, 6.07) is 16.7. The molecule has 0 radical (unpaired) electrons. The van der Waals surface area contributed by atoms with Crippen LogP contribution in [0.2, 0.25) is 0 Å². The largest absolute Gasteiger partial charge is 0.372 e. The molecule has 2 atom stereocenters. The first-order valence-corrected chi connectivity index (χ1v) is 10.4. The first-order valence-electron chi connectivity index (χ1n) is 10.4. The van der Waals surface area contributed by atoms with E-state index in [1.807, 2.05) is 63.2 Å². The third-order valence-corrected chi connectivity index (χ3v) is 5.25. The molecule has 31 heavy (non-hydrogen) atoms. The summed E-state index contributed by atoms with van der Waals surface area (Å²) in [7, 11) is 0. The Balaban J connectivity index is 1.70. The van der Waals surface area contributed by atoms with Crippen molar-refractivity contribution in [1.82, 2.24) is 14.7 Å². The van der Waals surface area contributed by atoms with Crippen LogP contribution in [0.1, 0.15) is 40.1 Å². The summed E-state index contributed by atoms with van der Waals surface area (Å²) in [6.45, 7) is 6.84. The fraction of sp³-hybridized carbons (Fsp3) is 0.292. The van der Waals surface area contributed by atoms with E-state index in [-0.39, 0.29) is 24.0 Å². The molecule has 1 aromatic heterocycles. The number of carbonyl (C=O) groups is 2. The summed E-state index contributed by atoms with van der Waals surface area (Å²) in [5, 5.41) is 7.34. The number of nitrogens with one attached hydrogen (secondary N) is 1. The zero-order valence-electron chi connectivity index (χ0n) is 17.9. The van der Waals surface area contributed by atoms with Crippen molar-refractivity contribution < 1.29 is 14.3 Å². The molecule has 1 aliphatic rings. The Morgan fingerprint density at radius 2 is 1.65 bits per heavy atom. The van der Waals surface area contributed by atoms with Gasteiger partial charge in [0.25, 0.3) is 11.8 Å². The molecular weight excluding hydrogens is 392 g/mol. The van der Waals surface area contributed by atoms with Crippen LogP contribution in [-0.4, -0.2) is 51.8 Å². The van der Waals surface area contributed by atoms with Gasteiger partial charge >= 0.3 is 0 Å². The average Bonchev–Trinajstić information content (AvgIpc) is 3.17. The molecule has 160 valence electrons. The van der Waals surface area contributed by atoms with Crippen LogP contribution in [0.15, 0.2) is 60.8 Å². The number of para-hydroxylation sites is 1. The zero-order chi connectivity index (χ0) is 22.0. The Labute approximate surface area is 181 Å². The lowest BCUT2D eigenvalue weighted by Crippen LogP contribution is -2.48. The lowest BCUT2D eigenvalue weighted by molar-refractivity contribution is -0.0585. The zero-order valence-corrected chi connectivity index (χ0v) is 17.9. The molecule has 1 saturated heterocycles. The summed E-state index contributed by atoms with van der Waals surface area (Å²) in [4.78, 5) is 28.1. The highest BCUT2D eigenvalue weighted by Crippen LogP contribution is 2.24. The molecular formula is C24H26N4O3. The summed E-state index contributed by atoms with van der Waals surface area (Å²) < 4.78 is 7.34. The molecule has 0 bridgehead atoms. The number of ether oxygens (including phenoxy) is 1. The Kier molecular flexibility index (Phi) is 5.86. The minimum atomic E-state index is -0.296. The van der Waals surface area contributed by atoms with Gasteiger partial charge in [0.2, 0.25) is 0 Å². The van der Waals surface area contributed by atoms with Crippen molar-refractivity contribution in [3.05, 3.63) is 77.5 Å². The van der Waals surface area contributed by atoms with Crippen LogP contribution in [-0.2, 0) is 4.74 Å². The van der Waals surface area contributed by atoms with E-state index in [0.717, 1.165) is 11.3 Å². The maximum atomic E-state index is 13.4. The number of hydrogen-bond donors (Lipinski definition) is 1. The minimum absolute atomic E-state index is 0.0533. The quantitative estimate of drug-likeness (QED) is 0.701. The summed E-state index contributed by atoms with van der Waals surface area (Å²) >= 11 is 0. The molecule has 1 N–H and O–H groups in total. The number of nitrogens with zero attached hydrogens (tertiary/aromatic N) is 3. The minimum Gasteiger partial charge on any atom is -0.372 e. The van der Waals surface area contributed by atoms with Gasteiger partial charge in [0.1, 0.15) is 11.4 Å². The van der Waals surface area contributed by atoms with Crippen molar-refractivity contribution in [3.63, 3.8) is 0 Å². The first kappa shape index (κ1) is 20.8. The van der Waals surface area contributed by atoms with E-state index >= 15 is 0 Å². The van der Waals surface area contributed by atoms with Gasteiger partial charge < -0.3 is 15.0 Å². The fourth-order valence-corrected chi connectivity index (χ4v) is 3.79. The third kappa shape index (κ3) is 4.51. The van der Waals surface area contributed by atoms with E-state index in [0.29, 0.717) is 30.0 Å². The van der Waals surface area contributed by atoms with Crippen molar-refractivity contribution in [1.29, 1.82) is 0 Å². The van der Waals surface area contributed by atoms with E-state index in [1.165, 1.54) is 6.20 Å². The number of carbonyl (C=O) groups excluding carboxylic acids is 2. The van der Waals surface area contributed by atoms with Crippen molar-refractivity contribution in [2.75, 3.05) is 18.4 Å². The maximum Gasteiger partial charge on any atom is 0.259 e. The number of aryl methyl sites for hydroxylation is 1. The molecule has 0 saturated carbocycles. The average molecular weight is 418 g/mol. The predicted octanol–water partition coefficient (Wildman–Crippen LogP) is 3.68. The monoisotopic (exact) mass is 418 g/mol. The van der Waals surface area contributed by atoms with Crippen LogP contribution in [0.4, 0.5) is 5.82 Å². The molecule has 2 heterocycles. The summed E-state index contributed by atoms with van der Waals surface area (Å²) in [5.74, 6) is -0.118. The maximum absolute atomic E-state index is 13.4. The van der Waals surface area contributed by atoms with E-state index in [1.54, 1.807) is 21.7 Å². The number of benzene rings is 2. The molecule has 2 aromatic carbocycles. The van der Waals surface area contributed by atoms with Gasteiger partial charge in [0.15, 0.2) is 0 Å². The highest BCUT2D eigenvalue weighted by atomic mass is 16.5. The lowest BCUT2D eigenvalue weighted by Gasteiger charge is -2.35. The van der Waals surface area contributed by atoms with Gasteiger partial charge in [0, 0.05) is 18.7 Å². The molecule has 2 amide bonds. The number of anilines is 1. The topological polar surface area (TPSA) is 76.5 Å². The van der Waals surface area contributed by atoms with Crippen molar-refractivity contribution >= 4 is 17.6 Å². The van der Waals surface area contributed by atoms with Crippen LogP contribution < -0.4 is 5.32 Å². The number of amides is 2. The summed E-state index contributed by atoms with van der Waals surface area (Å²) in [5.41, 5.74) is 2.69. The van der Waals surface area contributed by atoms with E-state index < -0.39 is 0 Å². The van der Waals surface area contributed by atoms with Crippen molar-refractivity contribution in [2.45, 2.75) is 33.0 Å². The molecule has 1 fully saturated rings. The normalized spacial score (nSPS) is 18.6. The fourth-order valence-electron chi connectivity index (χ4n) is 3.79. The molecule has 1 aliphatic heterocycles. The van der Waals surface area contributed by atoms with Crippen LogP contribution in [0.3, 0.4) is 0 Å². The van der Waals surface area contributed by atoms with Crippen molar-refractivity contribution in [3.8, 4) is 5.69 Å². The lowest BCUT2D eigenvalue weighted by atomic mass is 10.1. The summed E-state index contributed by atoms with van der Waals surface area (Å²) in [6.07, 6.45) is 1.41. The van der Waals surface area contributed by atoms with E-state index in [2.05, 4.69) is 10.4 Å². The van der Waals surface area contributed by atoms with Crippen molar-refractivity contribution in [2.24, 2.45) is 0 Å². The van der Waals surface area contributed by atoms with Crippen LogP contribution in [0.25, 0.3) is 5.69 Å². The molecule has 0 aliphatic carbocycles. The Hall–Kier alpha value is -3.45. The second-order valence-electron chi connectivity index (χ2n) is 7.94. The molecule has 7 heteroatoms. The van der Waals surface area contributed by atoms with Gasteiger partial charge in [-0.25, -0.2) is 4.68 Å². The SMILES string of the molecule is Cc1ccc(C(=O)Nc2c(C(=O)N3C[C@@H](C)O[C@H](C)C3)cnn2-c2ccccc2)cc1. The number of rotatable bonds is 4. The third-order valence-electron chi connectivity index (χ3n) is 5.25. The number of morpholine rings is 1.